The first-order valence-electron chi connectivity index (χ1n) is 11.0. The molecule has 1 nitrogen and oxygen atoms in total. The molecule has 6 heteroatoms. The molecule has 0 amide bonds. The molecule has 1 aromatic heterocycles. The van der Waals surface area contributed by atoms with E-state index in [4.69, 9.17) is 0 Å². The Morgan fingerprint density at radius 3 is 1.44 bits per heavy atom. The van der Waals surface area contributed by atoms with Crippen LogP contribution in [0.2, 0.25) is 0 Å². The predicted molar refractivity (Wildman–Crippen MR) is 133 cm³/mol. The number of pyridine rings is 1. The lowest BCUT2D eigenvalue weighted by Gasteiger charge is -2.16. The van der Waals surface area contributed by atoms with Crippen molar-refractivity contribution in [2.45, 2.75) is 20.8 Å². The molecule has 0 saturated carbocycles. The minimum atomic E-state index is -6.00. The Hall–Kier alpha value is -3.67. The SMILES string of the molecule is Cc1cc(C)c(-c2c3ccccc3[n+](-c3ccccc3)c3ccccc23)c(C)c1.F[B-](F)(F)F. The minimum Gasteiger partial charge on any atom is -0.418 e. The van der Waals surface area contributed by atoms with E-state index in [0.29, 0.717) is 0 Å². The van der Waals surface area contributed by atoms with E-state index in [-0.39, 0.29) is 0 Å². The summed E-state index contributed by atoms with van der Waals surface area (Å²) in [6, 6.07) is 32.8. The fraction of sp³-hybridized carbons (Fsp3) is 0.107. The summed E-state index contributed by atoms with van der Waals surface area (Å²) in [4.78, 5) is 0. The van der Waals surface area contributed by atoms with Gasteiger partial charge in [-0.15, -0.1) is 0 Å². The fourth-order valence-corrected chi connectivity index (χ4v) is 4.73. The van der Waals surface area contributed by atoms with Crippen molar-refractivity contribution < 1.29 is 21.8 Å². The first-order valence-corrected chi connectivity index (χ1v) is 11.0. The van der Waals surface area contributed by atoms with Gasteiger partial charge >= 0.3 is 7.25 Å². The Labute approximate surface area is 196 Å². The summed E-state index contributed by atoms with van der Waals surface area (Å²) in [5.74, 6) is 0. The first kappa shape index (κ1) is 23.5. The lowest BCUT2D eigenvalue weighted by molar-refractivity contribution is -0.537. The summed E-state index contributed by atoms with van der Waals surface area (Å²) in [5, 5.41) is 2.57. The average molecular weight is 461 g/mol. The number of aryl methyl sites for hydroxylation is 3. The minimum absolute atomic E-state index is 1.18. The Morgan fingerprint density at radius 1 is 0.559 bits per heavy atom. The molecule has 0 aliphatic carbocycles. The van der Waals surface area contributed by atoms with Gasteiger partial charge in [0.2, 0.25) is 16.7 Å². The topological polar surface area (TPSA) is 3.88 Å². The van der Waals surface area contributed by atoms with Gasteiger partial charge in [-0.25, -0.2) is 0 Å². The van der Waals surface area contributed by atoms with Gasteiger partial charge in [-0.3, -0.25) is 0 Å². The Morgan fingerprint density at radius 2 is 0.971 bits per heavy atom. The molecule has 4 aromatic carbocycles. The molecule has 1 heterocycles. The fourth-order valence-electron chi connectivity index (χ4n) is 4.73. The number of para-hydroxylation sites is 3. The average Bonchev–Trinajstić information content (AvgIpc) is 2.77. The molecule has 0 aliphatic rings. The monoisotopic (exact) mass is 461 g/mol. The second-order valence-electron chi connectivity index (χ2n) is 8.35. The van der Waals surface area contributed by atoms with E-state index in [1.165, 1.54) is 55.3 Å². The quantitative estimate of drug-likeness (QED) is 0.108. The second kappa shape index (κ2) is 9.30. The Balaban J connectivity index is 0.000000499. The molecule has 0 radical (unpaired) electrons. The second-order valence-corrected chi connectivity index (χ2v) is 8.35. The highest BCUT2D eigenvalue weighted by Crippen LogP contribution is 2.38. The standard InChI is InChI=1S/C28H24N.BF4/c1-19-17-20(2)27(21(3)18-19)28-23-13-7-9-15-25(23)29(22-11-5-4-6-12-22)26-16-10-8-14-24(26)28;2-1(3,4)5/h4-18H,1-3H3;/q+1;-1. The molecular weight excluding hydrogens is 437 g/mol. The molecule has 0 fully saturated rings. The first-order chi connectivity index (χ1) is 16.1. The third-order valence-corrected chi connectivity index (χ3v) is 5.77. The summed E-state index contributed by atoms with van der Waals surface area (Å²) >= 11 is 0. The highest BCUT2D eigenvalue weighted by atomic mass is 19.5. The molecule has 5 aromatic rings. The van der Waals surface area contributed by atoms with Gasteiger partial charge in [-0.1, -0.05) is 60.2 Å². The van der Waals surface area contributed by atoms with Crippen LogP contribution in [-0.4, -0.2) is 7.25 Å². The van der Waals surface area contributed by atoms with E-state index >= 15 is 0 Å². The van der Waals surface area contributed by atoms with Crippen LogP contribution in [0.25, 0.3) is 38.6 Å². The number of fused-ring (bicyclic) bond motifs is 2. The van der Waals surface area contributed by atoms with Crippen LogP contribution >= 0.6 is 0 Å². The summed E-state index contributed by atoms with van der Waals surface area (Å²) in [5.41, 5.74) is 10.3. The van der Waals surface area contributed by atoms with Crippen LogP contribution < -0.4 is 4.57 Å². The van der Waals surface area contributed by atoms with E-state index < -0.39 is 7.25 Å². The molecule has 0 bridgehead atoms. The summed E-state index contributed by atoms with van der Waals surface area (Å²) < 4.78 is 41.4. The van der Waals surface area contributed by atoms with Crippen molar-refractivity contribution in [1.29, 1.82) is 0 Å². The highest BCUT2D eigenvalue weighted by Gasteiger charge is 2.24. The van der Waals surface area contributed by atoms with Gasteiger partial charge in [0.05, 0.1) is 10.8 Å². The van der Waals surface area contributed by atoms with Crippen LogP contribution in [0.3, 0.4) is 0 Å². The van der Waals surface area contributed by atoms with Gasteiger partial charge < -0.3 is 17.3 Å². The van der Waals surface area contributed by atoms with Crippen LogP contribution in [0.15, 0.2) is 91.0 Å². The number of halogens is 4. The van der Waals surface area contributed by atoms with Gasteiger partial charge in [0.1, 0.15) is 0 Å². The third kappa shape index (κ3) is 4.81. The number of benzene rings is 4. The Bertz CT molecular complexity index is 1390. The molecule has 172 valence electrons. The number of aromatic nitrogens is 1. The van der Waals surface area contributed by atoms with Crippen molar-refractivity contribution in [3.8, 4) is 16.8 Å². The highest BCUT2D eigenvalue weighted by molar-refractivity contribution is 6.50. The maximum absolute atomic E-state index is 9.75. The zero-order valence-electron chi connectivity index (χ0n) is 19.2. The predicted octanol–water partition coefficient (Wildman–Crippen LogP) is 8.16. The van der Waals surface area contributed by atoms with E-state index in [9.17, 15) is 17.3 Å². The maximum atomic E-state index is 9.75. The van der Waals surface area contributed by atoms with Crippen LogP contribution in [0.4, 0.5) is 17.3 Å². The third-order valence-electron chi connectivity index (χ3n) is 5.77. The van der Waals surface area contributed by atoms with Gasteiger partial charge in [0, 0.05) is 29.8 Å². The number of hydrogen-bond donors (Lipinski definition) is 0. The molecular formula is C28H24BF4N. The van der Waals surface area contributed by atoms with E-state index in [1.807, 2.05) is 0 Å². The molecule has 34 heavy (non-hydrogen) atoms. The van der Waals surface area contributed by atoms with Crippen molar-refractivity contribution in [1.82, 2.24) is 0 Å². The normalized spacial score (nSPS) is 11.4. The van der Waals surface area contributed by atoms with Gasteiger partial charge in [0.25, 0.3) is 0 Å². The lowest BCUT2D eigenvalue weighted by atomic mass is 9.89. The lowest BCUT2D eigenvalue weighted by Crippen LogP contribution is -2.33. The van der Waals surface area contributed by atoms with Crippen LogP contribution in [-0.2, 0) is 0 Å². The van der Waals surface area contributed by atoms with Crippen molar-refractivity contribution in [3.63, 3.8) is 0 Å². The molecule has 0 N–H and O–H groups in total. The van der Waals surface area contributed by atoms with E-state index in [0.717, 1.165) is 0 Å². The zero-order valence-corrected chi connectivity index (χ0v) is 19.2. The van der Waals surface area contributed by atoms with E-state index in [2.05, 4.69) is 116 Å². The molecule has 0 unspecified atom stereocenters. The largest absolute Gasteiger partial charge is 0.673 e. The summed E-state index contributed by atoms with van der Waals surface area (Å²) in [6.45, 7) is 6.64. The van der Waals surface area contributed by atoms with Crippen LogP contribution in [0.1, 0.15) is 16.7 Å². The van der Waals surface area contributed by atoms with Gasteiger partial charge in [-0.2, -0.15) is 4.57 Å². The van der Waals surface area contributed by atoms with E-state index in [1.54, 1.807) is 0 Å². The van der Waals surface area contributed by atoms with Crippen LogP contribution in [0.5, 0.6) is 0 Å². The summed E-state index contributed by atoms with van der Waals surface area (Å²) in [7, 11) is -6.00. The van der Waals surface area contributed by atoms with Gasteiger partial charge in [0.15, 0.2) is 0 Å². The van der Waals surface area contributed by atoms with Crippen molar-refractivity contribution in [2.24, 2.45) is 0 Å². The zero-order chi connectivity index (χ0) is 24.5. The number of rotatable bonds is 2. The maximum Gasteiger partial charge on any atom is 0.673 e. The summed E-state index contributed by atoms with van der Waals surface area (Å²) in [6.07, 6.45) is 0. The number of hydrogen-bond acceptors (Lipinski definition) is 0. The molecule has 0 atom stereocenters. The molecule has 0 aliphatic heterocycles. The van der Waals surface area contributed by atoms with Crippen molar-refractivity contribution in [3.05, 3.63) is 108 Å². The van der Waals surface area contributed by atoms with Crippen molar-refractivity contribution >= 4 is 29.1 Å². The molecule has 0 saturated heterocycles. The Kier molecular flexibility index (Phi) is 6.42. The number of nitrogens with zero attached hydrogens (tertiary/aromatic N) is 1. The van der Waals surface area contributed by atoms with Crippen LogP contribution in [0, 0.1) is 20.8 Å². The molecule has 0 spiro atoms. The van der Waals surface area contributed by atoms with Crippen molar-refractivity contribution in [2.75, 3.05) is 0 Å². The smallest absolute Gasteiger partial charge is 0.418 e. The van der Waals surface area contributed by atoms with Gasteiger partial charge in [-0.05, 0) is 49.6 Å². The molecule has 5 rings (SSSR count).